The maximum absolute atomic E-state index is 12.4. The van der Waals surface area contributed by atoms with Crippen LogP contribution in [0.4, 0.5) is 17.6 Å². The molecule has 2 saturated carbocycles. The van der Waals surface area contributed by atoms with Crippen LogP contribution < -0.4 is 0 Å². The molecule has 0 aromatic heterocycles. The molecule has 0 bridgehead atoms. The highest BCUT2D eigenvalue weighted by Crippen LogP contribution is 2.39. The monoisotopic (exact) mass is 706 g/mol. The molecular formula is C43H50F4S2. The Balaban J connectivity index is 0.000000191. The summed E-state index contributed by atoms with van der Waals surface area (Å²) in [5.41, 5.74) is 7.35. The van der Waals surface area contributed by atoms with Gasteiger partial charge >= 0.3 is 0 Å². The van der Waals surface area contributed by atoms with Gasteiger partial charge in [0.15, 0.2) is 0 Å². The minimum Gasteiger partial charge on any atom is -0.198 e. The highest BCUT2D eigenvalue weighted by Gasteiger charge is 2.22. The number of hydrogen-bond acceptors (Lipinski definition) is 2. The van der Waals surface area contributed by atoms with Crippen molar-refractivity contribution in [3.8, 4) is 22.3 Å². The van der Waals surface area contributed by atoms with Crippen molar-refractivity contribution < 1.29 is 17.6 Å². The first-order valence-electron chi connectivity index (χ1n) is 18.1. The Hall–Kier alpha value is -2.70. The zero-order valence-corrected chi connectivity index (χ0v) is 30.4. The van der Waals surface area contributed by atoms with E-state index in [2.05, 4.69) is 62.4 Å². The SMILES string of the molecule is CCC1CCC(c2ccc(-c3ccc(SC(F)F)cc3)cc2)CC1.CCCC1CCC(c2ccc(-c3ccc(SC(F)F)cc3)cc2)CC1. The van der Waals surface area contributed by atoms with Gasteiger partial charge in [-0.15, -0.1) is 0 Å². The van der Waals surface area contributed by atoms with E-state index < -0.39 is 11.5 Å². The fourth-order valence-corrected chi connectivity index (χ4v) is 8.65. The molecule has 0 radical (unpaired) electrons. The summed E-state index contributed by atoms with van der Waals surface area (Å²) in [5, 5.41) is 0. The predicted octanol–water partition coefficient (Wildman–Crippen LogP) is 15.1. The summed E-state index contributed by atoms with van der Waals surface area (Å²) in [6.45, 7) is 4.58. The molecule has 0 nitrogen and oxygen atoms in total. The lowest BCUT2D eigenvalue weighted by Crippen LogP contribution is -2.13. The molecule has 49 heavy (non-hydrogen) atoms. The second kappa shape index (κ2) is 19.1. The van der Waals surface area contributed by atoms with Crippen LogP contribution in [0.25, 0.3) is 22.3 Å². The van der Waals surface area contributed by atoms with Crippen molar-refractivity contribution >= 4 is 23.5 Å². The Morgan fingerprint density at radius 3 is 1.10 bits per heavy atom. The van der Waals surface area contributed by atoms with E-state index in [-0.39, 0.29) is 0 Å². The lowest BCUT2D eigenvalue weighted by molar-refractivity contribution is 0.251. The van der Waals surface area contributed by atoms with E-state index in [4.69, 9.17) is 0 Å². The van der Waals surface area contributed by atoms with Gasteiger partial charge in [-0.05, 0) is 133 Å². The summed E-state index contributed by atoms with van der Waals surface area (Å²) in [6.07, 6.45) is 14.7. The molecule has 262 valence electrons. The standard InChI is InChI=1S/C22H26F2S.C21H24F2S/c1-2-3-16-4-6-17(7-5-16)18-8-10-19(11-9-18)20-12-14-21(15-13-20)25-22(23)24;1-2-15-3-5-16(6-4-15)17-7-9-18(10-8-17)19-11-13-20(14-12-19)24-21(22)23/h8-17,22H,2-7H2,1H3;7-16,21H,2-6H2,1H3. The highest BCUT2D eigenvalue weighted by molar-refractivity contribution is 7.99. The van der Waals surface area contributed by atoms with E-state index in [0.29, 0.717) is 45.2 Å². The molecule has 6 heteroatoms. The molecule has 6 rings (SSSR count). The molecule has 4 aromatic carbocycles. The quantitative estimate of drug-likeness (QED) is 0.112. The van der Waals surface area contributed by atoms with Gasteiger partial charge in [0.25, 0.3) is 11.5 Å². The van der Waals surface area contributed by atoms with Gasteiger partial charge in [-0.25, -0.2) is 0 Å². The van der Waals surface area contributed by atoms with E-state index in [1.165, 1.54) is 81.8 Å². The summed E-state index contributed by atoms with van der Waals surface area (Å²) in [6, 6.07) is 32.4. The van der Waals surface area contributed by atoms with Crippen molar-refractivity contribution in [3.63, 3.8) is 0 Å². The Morgan fingerprint density at radius 1 is 0.469 bits per heavy atom. The van der Waals surface area contributed by atoms with Crippen molar-refractivity contribution in [1.29, 1.82) is 0 Å². The van der Waals surface area contributed by atoms with Gasteiger partial charge in [-0.2, -0.15) is 17.6 Å². The fourth-order valence-electron chi connectivity index (χ4n) is 7.65. The van der Waals surface area contributed by atoms with Gasteiger partial charge in [0, 0.05) is 9.79 Å². The summed E-state index contributed by atoms with van der Waals surface area (Å²) >= 11 is 1.19. The first-order valence-corrected chi connectivity index (χ1v) is 19.9. The largest absolute Gasteiger partial charge is 0.288 e. The second-order valence-corrected chi connectivity index (χ2v) is 15.8. The molecule has 2 aliphatic rings. The van der Waals surface area contributed by atoms with Crippen LogP contribution in [0, 0.1) is 11.8 Å². The molecule has 0 aliphatic heterocycles. The average Bonchev–Trinajstić information content (AvgIpc) is 3.13. The van der Waals surface area contributed by atoms with Gasteiger partial charge in [0.2, 0.25) is 0 Å². The summed E-state index contributed by atoms with van der Waals surface area (Å²) < 4.78 is 49.5. The van der Waals surface area contributed by atoms with Crippen molar-refractivity contribution in [2.24, 2.45) is 11.8 Å². The van der Waals surface area contributed by atoms with Crippen molar-refractivity contribution in [2.45, 2.75) is 118 Å². The number of thioether (sulfide) groups is 2. The smallest absolute Gasteiger partial charge is 0.198 e. The third-order valence-electron chi connectivity index (χ3n) is 10.6. The normalized spacial score (nSPS) is 21.0. The van der Waals surface area contributed by atoms with Gasteiger partial charge in [-0.1, -0.05) is 129 Å². The molecule has 0 N–H and O–H groups in total. The molecule has 0 saturated heterocycles. The van der Waals surface area contributed by atoms with Crippen molar-refractivity contribution in [1.82, 2.24) is 0 Å². The van der Waals surface area contributed by atoms with Gasteiger partial charge in [-0.3, -0.25) is 0 Å². The number of benzene rings is 4. The zero-order valence-electron chi connectivity index (χ0n) is 28.8. The molecule has 0 spiro atoms. The molecule has 2 fully saturated rings. The summed E-state index contributed by atoms with van der Waals surface area (Å²) in [4.78, 5) is 1.22. The van der Waals surface area contributed by atoms with Crippen LogP contribution in [-0.2, 0) is 0 Å². The Kier molecular flexibility index (Phi) is 14.6. The van der Waals surface area contributed by atoms with E-state index in [9.17, 15) is 17.6 Å². The molecule has 0 heterocycles. The van der Waals surface area contributed by atoms with Crippen LogP contribution in [0.3, 0.4) is 0 Å². The molecular weight excluding hydrogens is 657 g/mol. The molecule has 0 amide bonds. The number of halogens is 4. The number of alkyl halides is 4. The zero-order chi connectivity index (χ0) is 34.6. The van der Waals surface area contributed by atoms with Gasteiger partial charge in [0.1, 0.15) is 0 Å². The molecule has 0 atom stereocenters. The van der Waals surface area contributed by atoms with Crippen LogP contribution >= 0.6 is 23.5 Å². The van der Waals surface area contributed by atoms with Gasteiger partial charge < -0.3 is 0 Å². The predicted molar refractivity (Wildman–Crippen MR) is 202 cm³/mol. The Morgan fingerprint density at radius 2 is 0.796 bits per heavy atom. The van der Waals surface area contributed by atoms with Crippen LogP contribution in [0.1, 0.15) is 107 Å². The molecule has 4 aromatic rings. The van der Waals surface area contributed by atoms with E-state index in [0.717, 1.165) is 34.1 Å². The lowest BCUT2D eigenvalue weighted by atomic mass is 9.77. The maximum Gasteiger partial charge on any atom is 0.288 e. The molecule has 2 aliphatic carbocycles. The maximum atomic E-state index is 12.4. The lowest BCUT2D eigenvalue weighted by Gasteiger charge is -2.28. The van der Waals surface area contributed by atoms with E-state index in [1.54, 1.807) is 24.3 Å². The topological polar surface area (TPSA) is 0 Å². The Labute approximate surface area is 299 Å². The first kappa shape index (κ1) is 37.6. The van der Waals surface area contributed by atoms with E-state index >= 15 is 0 Å². The minimum atomic E-state index is -2.36. The Bertz CT molecular complexity index is 1500. The summed E-state index contributed by atoms with van der Waals surface area (Å²) in [7, 11) is 0. The number of hydrogen-bond donors (Lipinski definition) is 0. The third kappa shape index (κ3) is 11.4. The fraction of sp³-hybridized carbons (Fsp3) is 0.442. The number of rotatable bonds is 11. The molecule has 0 unspecified atom stereocenters. The van der Waals surface area contributed by atoms with E-state index in [1.807, 2.05) is 24.3 Å². The van der Waals surface area contributed by atoms with Crippen molar-refractivity contribution in [2.75, 3.05) is 0 Å². The van der Waals surface area contributed by atoms with Crippen LogP contribution in [0.2, 0.25) is 0 Å². The van der Waals surface area contributed by atoms with Crippen LogP contribution in [-0.4, -0.2) is 11.5 Å². The minimum absolute atomic E-state index is 0.592. The van der Waals surface area contributed by atoms with Crippen LogP contribution in [0.5, 0.6) is 0 Å². The second-order valence-electron chi connectivity index (χ2n) is 13.7. The van der Waals surface area contributed by atoms with Crippen LogP contribution in [0.15, 0.2) is 107 Å². The van der Waals surface area contributed by atoms with Gasteiger partial charge in [0.05, 0.1) is 0 Å². The highest BCUT2D eigenvalue weighted by atomic mass is 32.2. The average molecular weight is 707 g/mol. The first-order chi connectivity index (χ1) is 23.8. The third-order valence-corrected chi connectivity index (χ3v) is 12.0. The summed E-state index contributed by atoms with van der Waals surface area (Å²) in [5.74, 6) is -1.47. The van der Waals surface area contributed by atoms with Crippen molar-refractivity contribution in [3.05, 3.63) is 108 Å².